The fourth-order valence-electron chi connectivity index (χ4n) is 2.38. The van der Waals surface area contributed by atoms with Crippen molar-refractivity contribution in [2.24, 2.45) is 0 Å². The van der Waals surface area contributed by atoms with Crippen LogP contribution in [-0.2, 0) is 6.18 Å². The molecule has 1 N–H and O–H groups in total. The lowest BCUT2D eigenvalue weighted by Gasteiger charge is -2.05. The minimum atomic E-state index is -4.34. The van der Waals surface area contributed by atoms with Gasteiger partial charge in [-0.3, -0.25) is 4.79 Å². The second kappa shape index (κ2) is 7.86. The third-order valence-electron chi connectivity index (χ3n) is 3.83. The summed E-state index contributed by atoms with van der Waals surface area (Å²) in [7, 11) is 0. The molecule has 0 atom stereocenters. The van der Waals surface area contributed by atoms with E-state index >= 15 is 0 Å². The van der Waals surface area contributed by atoms with Gasteiger partial charge in [0.05, 0.1) is 5.56 Å². The highest BCUT2D eigenvalue weighted by atomic mass is 19.4. The quantitative estimate of drug-likeness (QED) is 0.531. The van der Waals surface area contributed by atoms with Gasteiger partial charge in [-0.2, -0.15) is 13.2 Å². The van der Waals surface area contributed by atoms with Gasteiger partial charge in [-0.15, -0.1) is 5.43 Å². The molecule has 0 aliphatic carbocycles. The summed E-state index contributed by atoms with van der Waals surface area (Å²) in [4.78, 5) is 12.2. The lowest BCUT2D eigenvalue weighted by atomic mass is 10.1. The maximum absolute atomic E-state index is 12.6. The summed E-state index contributed by atoms with van der Waals surface area (Å²) in [6.07, 6.45) is 2.60. The van der Waals surface area contributed by atoms with Crippen LogP contribution in [0.1, 0.15) is 27.0 Å². The minimum absolute atomic E-state index is 0.246. The molecule has 0 saturated carbocycles. The number of rotatable bonds is 4. The molecule has 3 nitrogen and oxygen atoms in total. The molecule has 27 heavy (non-hydrogen) atoms. The standard InChI is InChI=1S/C21H15F3N2O/c22-21(23,24)19-12-8-17(9-13-19)5-4-16-6-10-18(11-7-16)20(27)25-26-14-2-1-3-15-26/h1-15H/p+1/b5-4+. The van der Waals surface area contributed by atoms with Gasteiger partial charge >= 0.3 is 12.1 Å². The molecule has 0 aliphatic heterocycles. The van der Waals surface area contributed by atoms with Gasteiger partial charge in [-0.1, -0.05) is 47.2 Å². The van der Waals surface area contributed by atoms with Crippen molar-refractivity contribution in [3.63, 3.8) is 0 Å². The van der Waals surface area contributed by atoms with Crippen molar-refractivity contribution >= 4 is 18.1 Å². The molecule has 1 heterocycles. The molecule has 0 radical (unpaired) electrons. The van der Waals surface area contributed by atoms with Crippen LogP contribution in [0.5, 0.6) is 0 Å². The Hall–Kier alpha value is -3.41. The van der Waals surface area contributed by atoms with Gasteiger partial charge in [0, 0.05) is 17.7 Å². The summed E-state index contributed by atoms with van der Waals surface area (Å²) in [5.41, 5.74) is 4.03. The molecule has 0 spiro atoms. The molecule has 2 aromatic carbocycles. The Bertz CT molecular complexity index is 932. The summed E-state index contributed by atoms with van der Waals surface area (Å²) < 4.78 is 39.2. The fraction of sp³-hybridized carbons (Fsp3) is 0.0476. The second-order valence-electron chi connectivity index (χ2n) is 5.80. The summed E-state index contributed by atoms with van der Waals surface area (Å²) in [5, 5.41) is 0. The van der Waals surface area contributed by atoms with E-state index in [2.05, 4.69) is 5.43 Å². The fourth-order valence-corrected chi connectivity index (χ4v) is 2.38. The highest BCUT2D eigenvalue weighted by Gasteiger charge is 2.29. The predicted molar refractivity (Wildman–Crippen MR) is 97.1 cm³/mol. The number of halogens is 3. The van der Waals surface area contributed by atoms with E-state index in [1.54, 1.807) is 65.6 Å². The second-order valence-corrected chi connectivity index (χ2v) is 5.80. The molecule has 136 valence electrons. The van der Waals surface area contributed by atoms with Crippen LogP contribution >= 0.6 is 0 Å². The zero-order valence-electron chi connectivity index (χ0n) is 14.1. The maximum Gasteiger partial charge on any atom is 0.416 e. The molecule has 3 rings (SSSR count). The first-order valence-corrected chi connectivity index (χ1v) is 8.15. The monoisotopic (exact) mass is 369 g/mol. The zero-order chi connectivity index (χ0) is 19.3. The maximum atomic E-state index is 12.6. The van der Waals surface area contributed by atoms with Gasteiger partial charge in [-0.25, -0.2) is 0 Å². The number of pyridine rings is 1. The Kier molecular flexibility index (Phi) is 5.35. The SMILES string of the molecule is O=C(N[n+]1ccccc1)c1ccc(/C=C/c2ccc(C(F)(F)F)cc2)cc1. The van der Waals surface area contributed by atoms with Crippen molar-refractivity contribution in [2.45, 2.75) is 6.18 Å². The molecule has 0 aliphatic rings. The van der Waals surface area contributed by atoms with Crippen LogP contribution in [0, 0.1) is 0 Å². The molecule has 0 bridgehead atoms. The lowest BCUT2D eigenvalue weighted by molar-refractivity contribution is -0.641. The van der Waals surface area contributed by atoms with Gasteiger partial charge in [0.15, 0.2) is 12.4 Å². The number of hydrogen-bond donors (Lipinski definition) is 1. The zero-order valence-corrected chi connectivity index (χ0v) is 14.1. The minimum Gasteiger partial charge on any atom is -0.264 e. The third kappa shape index (κ3) is 5.04. The Morgan fingerprint density at radius 1 is 0.815 bits per heavy atom. The van der Waals surface area contributed by atoms with E-state index in [0.717, 1.165) is 17.7 Å². The molecule has 6 heteroatoms. The van der Waals surface area contributed by atoms with E-state index in [0.29, 0.717) is 11.1 Å². The highest BCUT2D eigenvalue weighted by molar-refractivity contribution is 5.98. The van der Waals surface area contributed by atoms with Crippen LogP contribution < -0.4 is 10.1 Å². The number of benzene rings is 2. The predicted octanol–water partition coefficient (Wildman–Crippen LogP) is 4.55. The third-order valence-corrected chi connectivity index (χ3v) is 3.83. The first kappa shape index (κ1) is 18.4. The number of hydrogen-bond acceptors (Lipinski definition) is 1. The Morgan fingerprint density at radius 3 is 1.85 bits per heavy atom. The average molecular weight is 369 g/mol. The first-order chi connectivity index (χ1) is 12.9. The van der Waals surface area contributed by atoms with Crippen molar-refractivity contribution in [1.82, 2.24) is 0 Å². The van der Waals surface area contributed by atoms with E-state index in [-0.39, 0.29) is 5.91 Å². The topological polar surface area (TPSA) is 33.0 Å². The van der Waals surface area contributed by atoms with Crippen molar-refractivity contribution < 1.29 is 22.6 Å². The average Bonchev–Trinajstić information content (AvgIpc) is 2.67. The molecular weight excluding hydrogens is 353 g/mol. The van der Waals surface area contributed by atoms with E-state index in [9.17, 15) is 18.0 Å². The van der Waals surface area contributed by atoms with Gasteiger partial charge in [0.25, 0.3) is 0 Å². The number of carbonyl (C=O) groups is 1. The van der Waals surface area contributed by atoms with Crippen LogP contribution in [0.25, 0.3) is 12.2 Å². The molecule has 0 saturated heterocycles. The van der Waals surface area contributed by atoms with E-state index < -0.39 is 11.7 Å². The van der Waals surface area contributed by atoms with Gasteiger partial charge < -0.3 is 0 Å². The van der Waals surface area contributed by atoms with Crippen LogP contribution in [-0.4, -0.2) is 5.91 Å². The van der Waals surface area contributed by atoms with Gasteiger partial charge in [-0.05, 0) is 35.4 Å². The van der Waals surface area contributed by atoms with Crippen LogP contribution in [0.3, 0.4) is 0 Å². The van der Waals surface area contributed by atoms with E-state index in [1.165, 1.54) is 12.1 Å². The first-order valence-electron chi connectivity index (χ1n) is 8.15. The lowest BCUT2D eigenvalue weighted by Crippen LogP contribution is -2.47. The van der Waals surface area contributed by atoms with Crippen molar-refractivity contribution in [3.8, 4) is 0 Å². The number of amides is 1. The molecule has 1 amide bonds. The van der Waals surface area contributed by atoms with E-state index in [1.807, 2.05) is 6.07 Å². The van der Waals surface area contributed by atoms with Crippen molar-refractivity contribution in [3.05, 3.63) is 101 Å². The normalized spacial score (nSPS) is 11.5. The summed E-state index contributed by atoms with van der Waals surface area (Å²) in [6.45, 7) is 0. The Labute approximate surface area is 154 Å². The molecule has 3 aromatic rings. The van der Waals surface area contributed by atoms with Crippen LogP contribution in [0.2, 0.25) is 0 Å². The molecule has 0 unspecified atom stereocenters. The number of carbonyl (C=O) groups excluding carboxylic acids is 1. The Balaban J connectivity index is 1.65. The Morgan fingerprint density at radius 2 is 1.33 bits per heavy atom. The molecule has 0 fully saturated rings. The largest absolute Gasteiger partial charge is 0.416 e. The number of aromatic nitrogens is 1. The summed E-state index contributed by atoms with van der Waals surface area (Å²) in [5.74, 6) is -0.246. The number of alkyl halides is 3. The number of nitrogens with one attached hydrogen (secondary N) is 1. The molecule has 1 aromatic heterocycles. The molecular formula is C21H16F3N2O+. The number of nitrogens with zero attached hydrogens (tertiary/aromatic N) is 1. The smallest absolute Gasteiger partial charge is 0.264 e. The van der Waals surface area contributed by atoms with Crippen molar-refractivity contribution in [2.75, 3.05) is 5.43 Å². The summed E-state index contributed by atoms with van der Waals surface area (Å²) in [6, 6.07) is 17.3. The highest BCUT2D eigenvalue weighted by Crippen LogP contribution is 2.29. The van der Waals surface area contributed by atoms with Gasteiger partial charge in [0.1, 0.15) is 0 Å². The van der Waals surface area contributed by atoms with Gasteiger partial charge in [0.2, 0.25) is 0 Å². The van der Waals surface area contributed by atoms with Crippen molar-refractivity contribution in [1.29, 1.82) is 0 Å². The van der Waals surface area contributed by atoms with Crippen LogP contribution in [0.15, 0.2) is 79.1 Å². The van der Waals surface area contributed by atoms with E-state index in [4.69, 9.17) is 0 Å². The van der Waals surface area contributed by atoms with Crippen LogP contribution in [0.4, 0.5) is 13.2 Å². The summed E-state index contributed by atoms with van der Waals surface area (Å²) >= 11 is 0.